The number of ketones is 1. The predicted molar refractivity (Wildman–Crippen MR) is 100 cm³/mol. The second kappa shape index (κ2) is 8.59. The number of Topliss-reactive ketones (excluding diaryl/α,β-unsaturated/α-hetero) is 1. The van der Waals surface area contributed by atoms with E-state index in [2.05, 4.69) is 9.80 Å². The van der Waals surface area contributed by atoms with Gasteiger partial charge in [0.1, 0.15) is 0 Å². The topological polar surface area (TPSA) is 43.8 Å². The van der Waals surface area contributed by atoms with Crippen LogP contribution in [0.2, 0.25) is 5.02 Å². The highest BCUT2D eigenvalue weighted by Crippen LogP contribution is 2.15. The number of halogens is 1. The fourth-order valence-corrected chi connectivity index (χ4v) is 3.21. The highest BCUT2D eigenvalue weighted by molar-refractivity contribution is 6.30. The maximum Gasteiger partial charge on any atom is 0.176 e. The first-order valence-electron chi connectivity index (χ1n) is 8.58. The van der Waals surface area contributed by atoms with Crippen LogP contribution in [-0.2, 0) is 0 Å². The zero-order chi connectivity index (χ0) is 17.6. The molecular weight excluding hydrogens is 336 g/mol. The summed E-state index contributed by atoms with van der Waals surface area (Å²) in [4.78, 5) is 16.8. The van der Waals surface area contributed by atoms with Crippen LogP contribution in [0.1, 0.15) is 22.0 Å². The van der Waals surface area contributed by atoms with E-state index in [0.29, 0.717) is 23.7 Å². The normalized spacial score (nSPS) is 17.4. The van der Waals surface area contributed by atoms with E-state index >= 15 is 0 Å². The van der Waals surface area contributed by atoms with E-state index in [9.17, 15) is 9.90 Å². The molecule has 0 spiro atoms. The van der Waals surface area contributed by atoms with Crippen LogP contribution in [0.25, 0.3) is 0 Å². The number of hydrogen-bond donors (Lipinski definition) is 1. The number of aliphatic hydroxyl groups is 1. The van der Waals surface area contributed by atoms with Crippen molar-refractivity contribution in [2.24, 2.45) is 0 Å². The summed E-state index contributed by atoms with van der Waals surface area (Å²) in [7, 11) is 0. The van der Waals surface area contributed by atoms with Gasteiger partial charge in [0.2, 0.25) is 0 Å². The molecule has 1 fully saturated rings. The fourth-order valence-electron chi connectivity index (χ4n) is 3.09. The van der Waals surface area contributed by atoms with Crippen LogP contribution in [0.5, 0.6) is 0 Å². The summed E-state index contributed by atoms with van der Waals surface area (Å²) in [6, 6.07) is 16.8. The molecule has 1 unspecified atom stereocenters. The lowest BCUT2D eigenvalue weighted by atomic mass is 10.1. The third-order valence-electron chi connectivity index (χ3n) is 4.61. The number of hydrogen-bond acceptors (Lipinski definition) is 4. The molecule has 2 aromatic carbocycles. The van der Waals surface area contributed by atoms with Crippen LogP contribution in [0.4, 0.5) is 0 Å². The van der Waals surface area contributed by atoms with Gasteiger partial charge in [-0.05, 0) is 29.8 Å². The number of carbonyl (C=O) groups excluding carboxylic acids is 1. The third-order valence-corrected chi connectivity index (χ3v) is 4.87. The van der Waals surface area contributed by atoms with Crippen molar-refractivity contribution in [2.45, 2.75) is 6.10 Å². The van der Waals surface area contributed by atoms with Gasteiger partial charge in [-0.25, -0.2) is 0 Å². The molecule has 3 rings (SSSR count). The van der Waals surface area contributed by atoms with Crippen LogP contribution < -0.4 is 0 Å². The molecule has 132 valence electrons. The number of nitrogens with zero attached hydrogens (tertiary/aromatic N) is 2. The Labute approximate surface area is 153 Å². The largest absolute Gasteiger partial charge is 0.387 e. The number of rotatable bonds is 6. The molecule has 0 saturated carbocycles. The van der Waals surface area contributed by atoms with Crippen molar-refractivity contribution in [1.29, 1.82) is 0 Å². The fraction of sp³-hybridized carbons (Fsp3) is 0.350. The molecule has 0 aliphatic carbocycles. The summed E-state index contributed by atoms with van der Waals surface area (Å²) in [5.74, 6) is 0.120. The van der Waals surface area contributed by atoms with E-state index in [-0.39, 0.29) is 5.78 Å². The summed E-state index contributed by atoms with van der Waals surface area (Å²) in [6.07, 6.45) is -0.469. The van der Waals surface area contributed by atoms with Crippen LogP contribution >= 0.6 is 11.6 Å². The van der Waals surface area contributed by atoms with Crippen LogP contribution in [0, 0.1) is 0 Å². The third kappa shape index (κ3) is 5.13. The number of carbonyl (C=O) groups is 1. The average molecular weight is 359 g/mol. The Balaban J connectivity index is 1.45. The monoisotopic (exact) mass is 358 g/mol. The molecule has 0 amide bonds. The van der Waals surface area contributed by atoms with Gasteiger partial charge >= 0.3 is 0 Å². The highest BCUT2D eigenvalue weighted by atomic mass is 35.5. The Morgan fingerprint density at radius 3 is 2.20 bits per heavy atom. The maximum atomic E-state index is 12.3. The summed E-state index contributed by atoms with van der Waals surface area (Å²) < 4.78 is 0. The predicted octanol–water partition coefficient (Wildman–Crippen LogP) is 2.87. The van der Waals surface area contributed by atoms with Gasteiger partial charge in [-0.2, -0.15) is 0 Å². The van der Waals surface area contributed by atoms with Gasteiger partial charge in [-0.3, -0.25) is 14.6 Å². The quantitative estimate of drug-likeness (QED) is 0.806. The van der Waals surface area contributed by atoms with Crippen molar-refractivity contribution in [2.75, 3.05) is 39.3 Å². The Morgan fingerprint density at radius 2 is 1.56 bits per heavy atom. The standard InChI is InChI=1S/C20H23ClN2O2/c21-18-8-6-17(7-9-18)20(25)15-23-12-10-22(11-13-23)14-19(24)16-4-2-1-3-5-16/h1-9,19,24H,10-15H2. The van der Waals surface area contributed by atoms with E-state index in [1.807, 2.05) is 30.3 Å². The van der Waals surface area contributed by atoms with Crippen LogP contribution in [0.15, 0.2) is 54.6 Å². The van der Waals surface area contributed by atoms with Gasteiger partial charge in [0.05, 0.1) is 12.6 Å². The molecule has 0 radical (unpaired) electrons. The zero-order valence-corrected chi connectivity index (χ0v) is 14.9. The van der Waals surface area contributed by atoms with Crippen molar-refractivity contribution in [3.05, 3.63) is 70.7 Å². The van der Waals surface area contributed by atoms with Gasteiger partial charge < -0.3 is 5.11 Å². The molecule has 1 saturated heterocycles. The minimum Gasteiger partial charge on any atom is -0.387 e. The van der Waals surface area contributed by atoms with Crippen molar-refractivity contribution < 1.29 is 9.90 Å². The van der Waals surface area contributed by atoms with Gasteiger partial charge in [-0.1, -0.05) is 41.9 Å². The van der Waals surface area contributed by atoms with Gasteiger partial charge in [0.15, 0.2) is 5.78 Å². The van der Waals surface area contributed by atoms with E-state index in [1.54, 1.807) is 24.3 Å². The van der Waals surface area contributed by atoms with E-state index < -0.39 is 6.10 Å². The molecule has 1 heterocycles. The summed E-state index contributed by atoms with van der Waals surface area (Å²) in [5.41, 5.74) is 1.65. The number of benzene rings is 2. The molecule has 2 aromatic rings. The Bertz CT molecular complexity index is 683. The minimum atomic E-state index is -0.469. The molecule has 0 bridgehead atoms. The number of aliphatic hydroxyl groups excluding tert-OH is 1. The zero-order valence-electron chi connectivity index (χ0n) is 14.1. The molecule has 1 N–H and O–H groups in total. The SMILES string of the molecule is O=C(CN1CCN(CC(O)c2ccccc2)CC1)c1ccc(Cl)cc1. The van der Waals surface area contributed by atoms with Crippen molar-refractivity contribution in [3.63, 3.8) is 0 Å². The molecule has 4 nitrogen and oxygen atoms in total. The maximum absolute atomic E-state index is 12.3. The molecular formula is C20H23ClN2O2. The average Bonchev–Trinajstić information content (AvgIpc) is 2.64. The first-order valence-corrected chi connectivity index (χ1v) is 8.96. The highest BCUT2D eigenvalue weighted by Gasteiger charge is 2.21. The molecule has 1 atom stereocenters. The lowest BCUT2D eigenvalue weighted by molar-refractivity contribution is 0.0663. The van der Waals surface area contributed by atoms with Crippen LogP contribution in [-0.4, -0.2) is 60.0 Å². The second-order valence-electron chi connectivity index (χ2n) is 6.43. The molecule has 1 aliphatic heterocycles. The minimum absolute atomic E-state index is 0.120. The Kier molecular flexibility index (Phi) is 6.21. The van der Waals surface area contributed by atoms with E-state index in [0.717, 1.165) is 31.7 Å². The van der Waals surface area contributed by atoms with E-state index in [1.165, 1.54) is 0 Å². The Hall–Kier alpha value is -1.72. The lowest BCUT2D eigenvalue weighted by Crippen LogP contribution is -2.48. The van der Waals surface area contributed by atoms with Crippen molar-refractivity contribution >= 4 is 17.4 Å². The molecule has 1 aliphatic rings. The summed E-state index contributed by atoms with van der Waals surface area (Å²) in [5, 5.41) is 11.0. The van der Waals surface area contributed by atoms with E-state index in [4.69, 9.17) is 11.6 Å². The van der Waals surface area contributed by atoms with Crippen molar-refractivity contribution in [1.82, 2.24) is 9.80 Å². The van der Waals surface area contributed by atoms with Gasteiger partial charge in [0.25, 0.3) is 0 Å². The van der Waals surface area contributed by atoms with Gasteiger partial charge in [0, 0.05) is 43.3 Å². The first-order chi connectivity index (χ1) is 12.1. The molecule has 5 heteroatoms. The first kappa shape index (κ1) is 18.1. The van der Waals surface area contributed by atoms with Gasteiger partial charge in [-0.15, -0.1) is 0 Å². The summed E-state index contributed by atoms with van der Waals surface area (Å²) >= 11 is 5.86. The second-order valence-corrected chi connectivity index (χ2v) is 6.87. The van der Waals surface area contributed by atoms with Crippen molar-refractivity contribution in [3.8, 4) is 0 Å². The van der Waals surface area contributed by atoms with Crippen LogP contribution in [0.3, 0.4) is 0 Å². The smallest absolute Gasteiger partial charge is 0.176 e. The summed E-state index contributed by atoms with van der Waals surface area (Å²) in [6.45, 7) is 4.44. The molecule has 0 aromatic heterocycles. The molecule has 25 heavy (non-hydrogen) atoms. The number of β-amino-alcohol motifs (C(OH)–C–C–N with tert-alkyl or cyclic N) is 1. The Morgan fingerprint density at radius 1 is 0.960 bits per heavy atom. The number of piperazine rings is 1. The lowest BCUT2D eigenvalue weighted by Gasteiger charge is -2.35.